The summed E-state index contributed by atoms with van der Waals surface area (Å²) in [5, 5.41) is -0.548. The van der Waals surface area contributed by atoms with Gasteiger partial charge < -0.3 is 9.64 Å². The van der Waals surface area contributed by atoms with E-state index < -0.39 is 20.9 Å². The van der Waals surface area contributed by atoms with Crippen LogP contribution in [-0.4, -0.2) is 79.3 Å². The van der Waals surface area contributed by atoms with Crippen molar-refractivity contribution in [1.29, 1.82) is 0 Å². The van der Waals surface area contributed by atoms with Gasteiger partial charge in [-0.15, -0.1) is 0 Å². The normalized spacial score (nSPS) is 36.6. The Morgan fingerprint density at radius 2 is 2.07 bits per heavy atom. The minimum Gasteiger partial charge on any atom is -0.365 e. The third-order valence-corrected chi connectivity index (χ3v) is 8.82. The Morgan fingerprint density at radius 3 is 2.82 bits per heavy atom. The van der Waals surface area contributed by atoms with E-state index in [1.165, 1.54) is 0 Å². The molecule has 4 atom stereocenters. The molecule has 1 aromatic carbocycles. The highest BCUT2D eigenvalue weighted by atomic mass is 32.2. The lowest BCUT2D eigenvalue weighted by atomic mass is 9.99. The molecule has 5 rings (SSSR count). The predicted octanol–water partition coefficient (Wildman–Crippen LogP) is -0.520. The quantitative estimate of drug-likeness (QED) is 0.699. The summed E-state index contributed by atoms with van der Waals surface area (Å²) in [7, 11) is -3.42. The second-order valence-electron chi connectivity index (χ2n) is 8.27. The molecule has 4 saturated heterocycles. The van der Waals surface area contributed by atoms with E-state index in [2.05, 4.69) is 10.9 Å². The smallest absolute Gasteiger partial charge is 0.241 e. The van der Waals surface area contributed by atoms with E-state index in [0.717, 1.165) is 18.5 Å². The Morgan fingerprint density at radius 1 is 1.25 bits per heavy atom. The first-order valence-electron chi connectivity index (χ1n) is 9.96. The monoisotopic (exact) mass is 406 g/mol. The number of benzene rings is 1. The summed E-state index contributed by atoms with van der Waals surface area (Å²) < 4.78 is 34.2. The fourth-order valence-electron chi connectivity index (χ4n) is 5.11. The van der Waals surface area contributed by atoms with Gasteiger partial charge in [-0.05, 0) is 24.8 Å². The summed E-state index contributed by atoms with van der Waals surface area (Å²) in [5.74, 6) is 0.0402. The van der Waals surface area contributed by atoms with Crippen LogP contribution < -0.4 is 10.9 Å². The first kappa shape index (κ1) is 18.5. The number of sulfonamides is 1. The summed E-state index contributed by atoms with van der Waals surface area (Å²) in [6.45, 7) is 2.38. The number of hydrogen-bond acceptors (Lipinski definition) is 6. The van der Waals surface area contributed by atoms with Gasteiger partial charge in [0.25, 0.3) is 0 Å². The van der Waals surface area contributed by atoms with Crippen LogP contribution in [0.3, 0.4) is 0 Å². The van der Waals surface area contributed by atoms with Crippen LogP contribution in [0.15, 0.2) is 30.3 Å². The average molecular weight is 407 g/mol. The van der Waals surface area contributed by atoms with Gasteiger partial charge in [0.15, 0.2) is 0 Å². The zero-order valence-electron chi connectivity index (χ0n) is 15.7. The van der Waals surface area contributed by atoms with E-state index in [0.29, 0.717) is 39.0 Å². The Labute approximate surface area is 165 Å². The minimum atomic E-state index is -3.42. The molecule has 4 aliphatic heterocycles. The van der Waals surface area contributed by atoms with Crippen LogP contribution in [0.5, 0.6) is 0 Å². The SMILES string of the molecule is O=C(C1CCNN1)N1C[C@@H]2C[C@@H]3[C@@](C1)(CN(CCc1ccccc1)S3(=O)=O)O2. The first-order valence-corrected chi connectivity index (χ1v) is 11.5. The van der Waals surface area contributed by atoms with E-state index in [9.17, 15) is 13.2 Å². The van der Waals surface area contributed by atoms with E-state index in [1.807, 2.05) is 35.2 Å². The van der Waals surface area contributed by atoms with Crippen LogP contribution in [0.1, 0.15) is 18.4 Å². The molecule has 152 valence electrons. The number of nitrogens with one attached hydrogen (secondary N) is 2. The van der Waals surface area contributed by atoms with Crippen molar-refractivity contribution in [1.82, 2.24) is 20.1 Å². The first-order chi connectivity index (χ1) is 13.5. The Balaban J connectivity index is 1.33. The molecule has 9 heteroatoms. The van der Waals surface area contributed by atoms with Crippen LogP contribution in [0, 0.1) is 0 Å². The zero-order valence-corrected chi connectivity index (χ0v) is 16.5. The van der Waals surface area contributed by atoms with Crippen LogP contribution in [0.4, 0.5) is 0 Å². The summed E-state index contributed by atoms with van der Waals surface area (Å²) in [4.78, 5) is 14.7. The molecule has 0 aromatic heterocycles. The molecule has 4 heterocycles. The molecule has 0 radical (unpaired) electrons. The van der Waals surface area contributed by atoms with Crippen molar-refractivity contribution in [3.05, 3.63) is 35.9 Å². The Kier molecular flexibility index (Phi) is 4.48. The number of morpholine rings is 1. The number of nitrogens with zero attached hydrogens (tertiary/aromatic N) is 2. The standard InChI is InChI=1S/C19H26N4O4S/c24-18(16-6-8-20-21-16)22-11-15-10-17-19(12-22,27-15)13-23(28(17,25)26)9-7-14-4-2-1-3-5-14/h1-5,15-17,20-21H,6-13H2/t15-,16?,17+,19+/m0/s1. The molecule has 4 aliphatic rings. The maximum absolute atomic E-state index is 13.2. The number of amides is 1. The Hall–Kier alpha value is -1.52. The highest BCUT2D eigenvalue weighted by Crippen LogP contribution is 2.46. The van der Waals surface area contributed by atoms with Gasteiger partial charge in [0.05, 0.1) is 12.6 Å². The number of rotatable bonds is 4. The molecule has 28 heavy (non-hydrogen) atoms. The van der Waals surface area contributed by atoms with Crippen LogP contribution in [-0.2, 0) is 26.0 Å². The number of hydrogen-bond donors (Lipinski definition) is 2. The van der Waals surface area contributed by atoms with Crippen LogP contribution in [0.2, 0.25) is 0 Å². The fraction of sp³-hybridized carbons (Fsp3) is 0.632. The van der Waals surface area contributed by atoms with Gasteiger partial charge in [-0.1, -0.05) is 30.3 Å². The van der Waals surface area contributed by atoms with Crippen molar-refractivity contribution in [2.24, 2.45) is 0 Å². The van der Waals surface area contributed by atoms with Gasteiger partial charge in [-0.25, -0.2) is 13.8 Å². The third kappa shape index (κ3) is 2.96. The molecule has 4 fully saturated rings. The largest absolute Gasteiger partial charge is 0.365 e. The van der Waals surface area contributed by atoms with Crippen molar-refractivity contribution < 1.29 is 17.9 Å². The van der Waals surface area contributed by atoms with Gasteiger partial charge in [0.2, 0.25) is 15.9 Å². The molecule has 8 nitrogen and oxygen atoms in total. The summed E-state index contributed by atoms with van der Waals surface area (Å²) in [6, 6.07) is 9.67. The molecule has 1 amide bonds. The summed E-state index contributed by atoms with van der Waals surface area (Å²) in [6.07, 6.45) is 1.71. The minimum absolute atomic E-state index is 0.0402. The molecule has 1 unspecified atom stereocenters. The lowest BCUT2D eigenvalue weighted by molar-refractivity contribution is -0.152. The van der Waals surface area contributed by atoms with Crippen molar-refractivity contribution in [2.45, 2.75) is 42.3 Å². The lowest BCUT2D eigenvalue weighted by Crippen LogP contribution is -2.59. The summed E-state index contributed by atoms with van der Waals surface area (Å²) in [5.41, 5.74) is 6.33. The van der Waals surface area contributed by atoms with Gasteiger partial charge in [-0.2, -0.15) is 4.31 Å². The molecule has 2 bridgehead atoms. The highest BCUT2D eigenvalue weighted by molar-refractivity contribution is 7.90. The number of ether oxygens (including phenoxy) is 1. The number of hydrazine groups is 1. The van der Waals surface area contributed by atoms with Gasteiger partial charge in [0.1, 0.15) is 16.9 Å². The maximum Gasteiger partial charge on any atom is 0.241 e. The molecule has 1 aromatic rings. The second-order valence-corrected chi connectivity index (χ2v) is 10.4. The van der Waals surface area contributed by atoms with Crippen molar-refractivity contribution in [2.75, 3.05) is 32.7 Å². The fourth-order valence-corrected chi connectivity index (χ4v) is 7.42. The Bertz CT molecular complexity index is 858. The average Bonchev–Trinajstić information content (AvgIpc) is 3.35. The number of likely N-dealkylation sites (tertiary alicyclic amines) is 1. The lowest BCUT2D eigenvalue weighted by Gasteiger charge is -2.40. The van der Waals surface area contributed by atoms with E-state index in [4.69, 9.17) is 4.74 Å². The van der Waals surface area contributed by atoms with E-state index in [1.54, 1.807) is 4.31 Å². The van der Waals surface area contributed by atoms with Crippen LogP contribution >= 0.6 is 0 Å². The molecular formula is C19H26N4O4S. The number of carbonyl (C=O) groups excluding carboxylic acids is 1. The molecule has 0 saturated carbocycles. The van der Waals surface area contributed by atoms with E-state index in [-0.39, 0.29) is 18.1 Å². The van der Waals surface area contributed by atoms with Gasteiger partial charge in [-0.3, -0.25) is 10.2 Å². The highest BCUT2D eigenvalue weighted by Gasteiger charge is 2.65. The third-order valence-electron chi connectivity index (χ3n) is 6.45. The molecule has 2 N–H and O–H groups in total. The zero-order chi connectivity index (χ0) is 19.4. The van der Waals surface area contributed by atoms with Crippen molar-refractivity contribution in [3.63, 3.8) is 0 Å². The van der Waals surface area contributed by atoms with Crippen molar-refractivity contribution >= 4 is 15.9 Å². The molecule has 0 aliphatic carbocycles. The predicted molar refractivity (Wildman–Crippen MR) is 103 cm³/mol. The number of fused-ring (bicyclic) bond motifs is 1. The number of carbonyl (C=O) groups is 1. The van der Waals surface area contributed by atoms with Crippen LogP contribution in [0.25, 0.3) is 0 Å². The topological polar surface area (TPSA) is 91.0 Å². The van der Waals surface area contributed by atoms with Gasteiger partial charge in [0, 0.05) is 26.2 Å². The van der Waals surface area contributed by atoms with Crippen molar-refractivity contribution in [3.8, 4) is 0 Å². The molecule has 1 spiro atoms. The maximum atomic E-state index is 13.2. The van der Waals surface area contributed by atoms with E-state index >= 15 is 0 Å². The molecular weight excluding hydrogens is 380 g/mol. The second kappa shape index (κ2) is 6.77. The van der Waals surface area contributed by atoms with Gasteiger partial charge >= 0.3 is 0 Å². The summed E-state index contributed by atoms with van der Waals surface area (Å²) >= 11 is 0.